The molecule has 3 aromatic carbocycles. The van der Waals surface area contributed by atoms with Crippen LogP contribution in [-0.2, 0) is 24.8 Å². The van der Waals surface area contributed by atoms with Gasteiger partial charge in [-0.15, -0.1) is 0 Å². The van der Waals surface area contributed by atoms with Gasteiger partial charge in [-0.2, -0.15) is 5.10 Å². The van der Waals surface area contributed by atoms with Gasteiger partial charge in [-0.25, -0.2) is 4.79 Å². The first-order valence-electron chi connectivity index (χ1n) is 20.0. The Kier molecular flexibility index (Phi) is 10.9. The number of anilines is 1. The van der Waals surface area contributed by atoms with Crippen molar-refractivity contribution >= 4 is 62.6 Å². The molecule has 1 fully saturated rings. The van der Waals surface area contributed by atoms with Gasteiger partial charge < -0.3 is 28.6 Å². The second-order valence-electron chi connectivity index (χ2n) is 15.9. The molecule has 11 nitrogen and oxygen atoms in total. The van der Waals surface area contributed by atoms with Gasteiger partial charge in [0.2, 0.25) is 0 Å². The first-order valence-corrected chi connectivity index (χ1v) is 20.8. The van der Waals surface area contributed by atoms with E-state index in [4.69, 9.17) is 37.8 Å². The SMILES string of the molecule is Cc1ccc2c(c1)c(N1C[C@@H](C)n3c(c(CCCOc4cc(C)c(Cl)c(C)c4)c4ccc(Cl)c(-c5c(C)nn(C)c5C)c43)C1=O)c(C(=O)O)n2CCN1CCOCC1. The highest BCUT2D eigenvalue weighted by Crippen LogP contribution is 2.46. The summed E-state index contributed by atoms with van der Waals surface area (Å²) in [5.74, 6) is -0.566. The van der Waals surface area contributed by atoms with Crippen LogP contribution in [0.4, 0.5) is 5.69 Å². The average molecular weight is 826 g/mol. The van der Waals surface area contributed by atoms with Crippen LogP contribution in [0.5, 0.6) is 5.75 Å². The topological polar surface area (TPSA) is 107 Å². The Labute approximate surface area is 348 Å². The number of fused-ring (bicyclic) bond motifs is 4. The van der Waals surface area contributed by atoms with Crippen LogP contribution in [0.2, 0.25) is 10.0 Å². The molecule has 2 aliphatic heterocycles. The zero-order chi connectivity index (χ0) is 41.2. The highest BCUT2D eigenvalue weighted by atomic mass is 35.5. The van der Waals surface area contributed by atoms with Crippen LogP contribution in [0, 0.1) is 34.6 Å². The van der Waals surface area contributed by atoms with Crippen LogP contribution in [0.15, 0.2) is 42.5 Å². The van der Waals surface area contributed by atoms with Crippen LogP contribution >= 0.6 is 23.2 Å². The van der Waals surface area contributed by atoms with Crippen molar-refractivity contribution in [3.8, 4) is 16.9 Å². The Balaban J connectivity index is 1.27. The highest BCUT2D eigenvalue weighted by molar-refractivity contribution is 6.35. The minimum atomic E-state index is -1.07. The van der Waals surface area contributed by atoms with Crippen molar-refractivity contribution in [2.45, 2.75) is 67.0 Å². The maximum absolute atomic E-state index is 15.5. The maximum Gasteiger partial charge on any atom is 0.354 e. The van der Waals surface area contributed by atoms with Gasteiger partial charge >= 0.3 is 5.97 Å². The molecular weight excluding hydrogens is 775 g/mol. The quantitative estimate of drug-likeness (QED) is 0.130. The maximum atomic E-state index is 15.5. The number of carbonyl (C=O) groups is 2. The van der Waals surface area contributed by atoms with Gasteiger partial charge in [-0.05, 0) is 101 Å². The van der Waals surface area contributed by atoms with Crippen LogP contribution in [0.3, 0.4) is 0 Å². The summed E-state index contributed by atoms with van der Waals surface area (Å²) in [7, 11) is 1.92. The minimum Gasteiger partial charge on any atom is -0.494 e. The molecule has 1 saturated heterocycles. The fraction of sp³-hybridized carbons (Fsp3) is 0.400. The van der Waals surface area contributed by atoms with Gasteiger partial charge in [0.1, 0.15) is 11.4 Å². The van der Waals surface area contributed by atoms with E-state index in [1.165, 1.54) is 0 Å². The van der Waals surface area contributed by atoms with Gasteiger partial charge in [0.25, 0.3) is 5.91 Å². The largest absolute Gasteiger partial charge is 0.494 e. The predicted octanol–water partition coefficient (Wildman–Crippen LogP) is 9.11. The van der Waals surface area contributed by atoms with Crippen LogP contribution in [0.25, 0.3) is 32.9 Å². The molecule has 0 spiro atoms. The van der Waals surface area contributed by atoms with Crippen LogP contribution < -0.4 is 9.64 Å². The molecular formula is C45H50Cl2N6O5. The lowest BCUT2D eigenvalue weighted by molar-refractivity contribution is 0.0362. The third-order valence-corrected chi connectivity index (χ3v) is 12.9. The number of carboxylic acid groups (broad SMARTS) is 1. The lowest BCUT2D eigenvalue weighted by atomic mass is 9.98. The number of morpholine rings is 1. The predicted molar refractivity (Wildman–Crippen MR) is 231 cm³/mol. The number of amides is 1. The van der Waals surface area contributed by atoms with E-state index in [1.54, 1.807) is 4.90 Å². The van der Waals surface area contributed by atoms with Gasteiger partial charge in [-0.3, -0.25) is 14.4 Å². The number of halogens is 2. The van der Waals surface area contributed by atoms with E-state index in [0.29, 0.717) is 62.2 Å². The zero-order valence-electron chi connectivity index (χ0n) is 34.2. The molecule has 1 N–H and O–H groups in total. The number of carbonyl (C=O) groups excluding carboxylic acids is 1. The van der Waals surface area contributed by atoms with Crippen LogP contribution in [0.1, 0.15) is 74.0 Å². The van der Waals surface area contributed by atoms with Gasteiger partial charge in [0.15, 0.2) is 5.69 Å². The molecule has 13 heteroatoms. The fourth-order valence-electron chi connectivity index (χ4n) is 9.16. The van der Waals surface area contributed by atoms with Crippen molar-refractivity contribution in [2.24, 2.45) is 7.05 Å². The molecule has 2 aliphatic rings. The van der Waals surface area contributed by atoms with Crippen molar-refractivity contribution < 1.29 is 24.2 Å². The van der Waals surface area contributed by atoms with E-state index in [9.17, 15) is 9.90 Å². The summed E-state index contributed by atoms with van der Waals surface area (Å²) in [6.07, 6.45) is 1.16. The number of hydrogen-bond acceptors (Lipinski definition) is 6. The van der Waals surface area contributed by atoms with E-state index in [1.807, 2.05) is 93.4 Å². The summed E-state index contributed by atoms with van der Waals surface area (Å²) in [6.45, 7) is 16.7. The summed E-state index contributed by atoms with van der Waals surface area (Å²) in [6, 6.07) is 13.6. The molecule has 8 rings (SSSR count). The summed E-state index contributed by atoms with van der Waals surface area (Å²) >= 11 is 13.6. The zero-order valence-corrected chi connectivity index (χ0v) is 35.7. The third-order valence-electron chi connectivity index (χ3n) is 12.0. The molecule has 304 valence electrons. The fourth-order valence-corrected chi connectivity index (χ4v) is 9.52. The molecule has 0 radical (unpaired) electrons. The molecule has 0 bridgehead atoms. The molecule has 1 amide bonds. The van der Waals surface area contributed by atoms with Crippen molar-refractivity contribution in [2.75, 3.05) is 50.9 Å². The number of carboxylic acids is 1. The van der Waals surface area contributed by atoms with E-state index >= 15 is 4.79 Å². The summed E-state index contributed by atoms with van der Waals surface area (Å²) < 4.78 is 17.7. The minimum absolute atomic E-state index is 0.118. The summed E-state index contributed by atoms with van der Waals surface area (Å²) in [5.41, 5.74) is 10.1. The molecule has 1 atom stereocenters. The molecule has 0 saturated carbocycles. The Morgan fingerprint density at radius 2 is 1.69 bits per heavy atom. The number of aryl methyl sites for hydroxylation is 6. The summed E-state index contributed by atoms with van der Waals surface area (Å²) in [5, 5.41) is 18.7. The number of rotatable bonds is 11. The third kappa shape index (κ3) is 6.85. The van der Waals surface area contributed by atoms with Gasteiger partial charge in [0, 0.05) is 78.4 Å². The number of aromatic nitrogens is 4. The molecule has 6 aromatic rings. The first kappa shape index (κ1) is 40.0. The van der Waals surface area contributed by atoms with Crippen LogP contribution in [-0.4, -0.2) is 86.8 Å². The van der Waals surface area contributed by atoms with Gasteiger partial charge in [0.05, 0.1) is 47.3 Å². The lowest BCUT2D eigenvalue weighted by Crippen LogP contribution is -2.43. The molecule has 0 aliphatic carbocycles. The number of hydrogen-bond donors (Lipinski definition) is 1. The van der Waals surface area contributed by atoms with E-state index in [2.05, 4.69) is 16.4 Å². The van der Waals surface area contributed by atoms with Crippen molar-refractivity contribution in [3.63, 3.8) is 0 Å². The van der Waals surface area contributed by atoms with Gasteiger partial charge in [-0.1, -0.05) is 40.9 Å². The molecule has 0 unspecified atom stereocenters. The number of benzene rings is 3. The Hall–Kier alpha value is -4.81. The molecule has 5 heterocycles. The van der Waals surface area contributed by atoms with E-state index < -0.39 is 5.97 Å². The van der Waals surface area contributed by atoms with Crippen molar-refractivity contribution in [1.29, 1.82) is 0 Å². The van der Waals surface area contributed by atoms with Crippen molar-refractivity contribution in [1.82, 2.24) is 23.8 Å². The Bertz CT molecular complexity index is 2590. The Morgan fingerprint density at radius 3 is 2.36 bits per heavy atom. The normalized spacial score (nSPS) is 16.2. The standard InChI is InChI=1S/C45H50Cl2N6O5/c1-25-10-13-36-34(21-25)41(43(45(55)56)51(36)15-14-50-16-19-57-20-17-50)52-24-28(4)53-40-33(11-12-35(46)38(40)37-29(5)48-49(7)30(37)6)32(42(53)44(52)54)9-8-18-58-31-22-26(2)39(47)27(3)23-31/h10-13,21-23,28H,8-9,14-20,24H2,1-7H3,(H,55,56)/t28-/m1/s1. The van der Waals surface area contributed by atoms with E-state index in [-0.39, 0.29) is 24.2 Å². The highest BCUT2D eigenvalue weighted by Gasteiger charge is 2.40. The number of ether oxygens (including phenoxy) is 2. The number of nitrogens with zero attached hydrogens (tertiary/aromatic N) is 6. The average Bonchev–Trinajstić information content (AvgIpc) is 3.79. The number of aromatic carboxylic acids is 1. The second-order valence-corrected chi connectivity index (χ2v) is 16.7. The summed E-state index contributed by atoms with van der Waals surface area (Å²) in [4.78, 5) is 32.9. The lowest BCUT2D eigenvalue weighted by Gasteiger charge is -2.34. The second kappa shape index (κ2) is 15.7. The molecule has 58 heavy (non-hydrogen) atoms. The molecule has 3 aromatic heterocycles. The first-order chi connectivity index (χ1) is 27.8. The van der Waals surface area contributed by atoms with Crippen molar-refractivity contribution in [3.05, 3.63) is 97.5 Å². The monoisotopic (exact) mass is 824 g/mol. The Morgan fingerprint density at radius 1 is 0.966 bits per heavy atom. The smallest absolute Gasteiger partial charge is 0.354 e. The van der Waals surface area contributed by atoms with E-state index in [0.717, 1.165) is 90.4 Å².